The van der Waals surface area contributed by atoms with Crippen molar-refractivity contribution in [2.75, 3.05) is 13.1 Å². The molecule has 0 atom stereocenters. The summed E-state index contributed by atoms with van der Waals surface area (Å²) in [5.41, 5.74) is 1.61. The zero-order valence-corrected chi connectivity index (χ0v) is 11.0. The van der Waals surface area contributed by atoms with Crippen molar-refractivity contribution in [3.63, 3.8) is 0 Å². The van der Waals surface area contributed by atoms with E-state index >= 15 is 0 Å². The van der Waals surface area contributed by atoms with Crippen LogP contribution in [0.2, 0.25) is 0 Å². The lowest BCUT2D eigenvalue weighted by molar-refractivity contribution is 0.710. The van der Waals surface area contributed by atoms with Crippen LogP contribution in [-0.4, -0.2) is 23.3 Å². The van der Waals surface area contributed by atoms with Crippen LogP contribution in [0, 0.1) is 11.3 Å². The molecule has 0 saturated heterocycles. The maximum absolute atomic E-state index is 8.87. The van der Waals surface area contributed by atoms with Gasteiger partial charge in [0.25, 0.3) is 0 Å². The maximum atomic E-state index is 8.87. The van der Waals surface area contributed by atoms with Crippen molar-refractivity contribution in [3.8, 4) is 16.6 Å². The largest absolute Gasteiger partial charge is 0.317 e. The first-order valence-electron chi connectivity index (χ1n) is 5.87. The highest BCUT2D eigenvalue weighted by atomic mass is 32.1. The van der Waals surface area contributed by atoms with E-state index in [4.69, 9.17) is 5.26 Å². The molecule has 4 nitrogen and oxygen atoms in total. The summed E-state index contributed by atoms with van der Waals surface area (Å²) < 4.78 is 0. The number of aromatic nitrogens is 2. The van der Waals surface area contributed by atoms with E-state index in [9.17, 15) is 0 Å². The van der Waals surface area contributed by atoms with E-state index in [1.165, 1.54) is 0 Å². The van der Waals surface area contributed by atoms with Crippen LogP contribution in [0.1, 0.15) is 17.5 Å². The molecule has 0 bridgehead atoms. The Bertz CT molecular complexity index is 556. The van der Waals surface area contributed by atoms with Crippen LogP contribution in [0.5, 0.6) is 0 Å². The number of benzene rings is 1. The van der Waals surface area contributed by atoms with E-state index in [0.717, 1.165) is 35.1 Å². The smallest absolute Gasteiger partial charge is 0.147 e. The minimum atomic E-state index is 0.650. The van der Waals surface area contributed by atoms with Gasteiger partial charge in [-0.3, -0.25) is 0 Å². The highest BCUT2D eigenvalue weighted by molar-refractivity contribution is 7.14. The third-order valence-corrected chi connectivity index (χ3v) is 3.50. The van der Waals surface area contributed by atoms with Gasteiger partial charge in [-0.2, -0.15) is 5.26 Å². The van der Waals surface area contributed by atoms with E-state index in [0.29, 0.717) is 5.56 Å². The van der Waals surface area contributed by atoms with Crippen LogP contribution in [-0.2, 0) is 6.42 Å². The normalized spacial score (nSPS) is 10.2. The molecule has 0 amide bonds. The summed E-state index contributed by atoms with van der Waals surface area (Å²) in [7, 11) is 0. The highest BCUT2D eigenvalue weighted by Crippen LogP contribution is 2.24. The van der Waals surface area contributed by atoms with Gasteiger partial charge in [0.15, 0.2) is 0 Å². The van der Waals surface area contributed by atoms with Gasteiger partial charge in [-0.25, -0.2) is 0 Å². The van der Waals surface area contributed by atoms with E-state index in [1.807, 2.05) is 18.2 Å². The highest BCUT2D eigenvalue weighted by Gasteiger charge is 2.06. The Hall–Kier alpha value is -1.77. The van der Waals surface area contributed by atoms with Crippen LogP contribution >= 0.6 is 11.3 Å². The molecule has 0 unspecified atom stereocenters. The van der Waals surface area contributed by atoms with E-state index in [-0.39, 0.29) is 0 Å². The van der Waals surface area contributed by atoms with E-state index in [2.05, 4.69) is 28.5 Å². The molecule has 0 spiro atoms. The van der Waals surface area contributed by atoms with Crippen molar-refractivity contribution < 1.29 is 0 Å². The van der Waals surface area contributed by atoms with E-state index < -0.39 is 0 Å². The van der Waals surface area contributed by atoms with Gasteiger partial charge in [-0.05, 0) is 18.7 Å². The lowest BCUT2D eigenvalue weighted by atomic mass is 10.1. The van der Waals surface area contributed by atoms with Gasteiger partial charge in [-0.15, -0.1) is 10.2 Å². The van der Waals surface area contributed by atoms with E-state index in [1.54, 1.807) is 17.4 Å². The van der Waals surface area contributed by atoms with Gasteiger partial charge in [0, 0.05) is 18.5 Å². The minimum Gasteiger partial charge on any atom is -0.317 e. The fourth-order valence-corrected chi connectivity index (χ4v) is 2.40. The number of likely N-dealkylation sites (N-methyl/N-ethyl adjacent to an activating group) is 1. The molecule has 18 heavy (non-hydrogen) atoms. The molecule has 0 aliphatic heterocycles. The molecular formula is C13H14N4S. The van der Waals surface area contributed by atoms with Gasteiger partial charge in [0.2, 0.25) is 0 Å². The quantitative estimate of drug-likeness (QED) is 0.835. The van der Waals surface area contributed by atoms with Crippen LogP contribution in [0.3, 0.4) is 0 Å². The SMILES string of the molecule is CCNCCc1nnc(-c2cccc(C#N)c2)s1. The number of hydrogen-bond acceptors (Lipinski definition) is 5. The van der Waals surface area contributed by atoms with Gasteiger partial charge in [0.05, 0.1) is 11.6 Å². The summed E-state index contributed by atoms with van der Waals surface area (Å²) in [4.78, 5) is 0. The van der Waals surface area contributed by atoms with Crippen LogP contribution in [0.4, 0.5) is 0 Å². The molecule has 1 aromatic carbocycles. The predicted octanol–water partition coefficient (Wildman–Crippen LogP) is 2.23. The Morgan fingerprint density at radius 2 is 2.28 bits per heavy atom. The molecule has 1 N–H and O–H groups in total. The van der Waals surface area contributed by atoms with Gasteiger partial charge < -0.3 is 5.32 Å². The number of nitriles is 1. The number of hydrogen-bond donors (Lipinski definition) is 1. The fraction of sp³-hybridized carbons (Fsp3) is 0.308. The molecule has 0 radical (unpaired) electrons. The van der Waals surface area contributed by atoms with Gasteiger partial charge >= 0.3 is 0 Å². The van der Waals surface area contributed by atoms with Gasteiger partial charge in [-0.1, -0.05) is 30.4 Å². The monoisotopic (exact) mass is 258 g/mol. The molecule has 1 aromatic heterocycles. The molecule has 0 aliphatic rings. The standard InChI is InChI=1S/C13H14N4S/c1-2-15-7-6-12-16-17-13(18-12)11-5-3-4-10(8-11)9-14/h3-5,8,15H,2,6-7H2,1H3. The molecule has 0 aliphatic carbocycles. The van der Waals surface area contributed by atoms with Gasteiger partial charge in [0.1, 0.15) is 10.0 Å². The maximum Gasteiger partial charge on any atom is 0.147 e. The third kappa shape index (κ3) is 3.13. The molecule has 2 rings (SSSR count). The molecule has 2 aromatic rings. The summed E-state index contributed by atoms with van der Waals surface area (Å²) >= 11 is 1.58. The number of rotatable bonds is 5. The minimum absolute atomic E-state index is 0.650. The Morgan fingerprint density at radius 3 is 3.06 bits per heavy atom. The second-order valence-electron chi connectivity index (χ2n) is 3.80. The van der Waals surface area contributed by atoms with Crippen molar-refractivity contribution in [3.05, 3.63) is 34.8 Å². The zero-order valence-electron chi connectivity index (χ0n) is 10.2. The summed E-state index contributed by atoms with van der Waals surface area (Å²) in [5, 5.41) is 22.4. The van der Waals surface area contributed by atoms with Crippen molar-refractivity contribution in [1.82, 2.24) is 15.5 Å². The predicted molar refractivity (Wildman–Crippen MR) is 72.3 cm³/mol. The van der Waals surface area contributed by atoms with Crippen molar-refractivity contribution in [2.45, 2.75) is 13.3 Å². The second kappa shape index (κ2) is 6.24. The van der Waals surface area contributed by atoms with Crippen molar-refractivity contribution in [2.24, 2.45) is 0 Å². The van der Waals surface area contributed by atoms with Crippen LogP contribution < -0.4 is 5.32 Å². The second-order valence-corrected chi connectivity index (χ2v) is 4.86. The summed E-state index contributed by atoms with van der Waals surface area (Å²) in [6.45, 7) is 3.97. The lowest BCUT2D eigenvalue weighted by Gasteiger charge is -1.96. The average Bonchev–Trinajstić information content (AvgIpc) is 2.88. The first-order valence-corrected chi connectivity index (χ1v) is 6.68. The number of nitrogens with zero attached hydrogens (tertiary/aromatic N) is 3. The summed E-state index contributed by atoms with van der Waals surface area (Å²) in [6, 6.07) is 9.58. The van der Waals surface area contributed by atoms with Crippen LogP contribution in [0.15, 0.2) is 24.3 Å². The molecule has 92 valence electrons. The lowest BCUT2D eigenvalue weighted by Crippen LogP contribution is -2.15. The first-order chi connectivity index (χ1) is 8.83. The fourth-order valence-electron chi connectivity index (χ4n) is 1.57. The molecule has 0 saturated carbocycles. The summed E-state index contributed by atoms with van der Waals surface area (Å²) in [6.07, 6.45) is 0.892. The Balaban J connectivity index is 2.11. The summed E-state index contributed by atoms with van der Waals surface area (Å²) in [5.74, 6) is 0. The Labute approximate surface area is 110 Å². The Morgan fingerprint density at radius 1 is 1.39 bits per heavy atom. The zero-order chi connectivity index (χ0) is 12.8. The number of nitrogens with one attached hydrogen (secondary N) is 1. The molecule has 5 heteroatoms. The molecule has 1 heterocycles. The molecule has 0 fully saturated rings. The molecular weight excluding hydrogens is 244 g/mol. The van der Waals surface area contributed by atoms with Crippen molar-refractivity contribution >= 4 is 11.3 Å². The third-order valence-electron chi connectivity index (χ3n) is 2.47. The topological polar surface area (TPSA) is 61.6 Å². The van der Waals surface area contributed by atoms with Crippen molar-refractivity contribution in [1.29, 1.82) is 5.26 Å². The Kier molecular flexibility index (Phi) is 4.40. The van der Waals surface area contributed by atoms with Crippen LogP contribution in [0.25, 0.3) is 10.6 Å². The average molecular weight is 258 g/mol. The first kappa shape index (κ1) is 12.7.